The number of ether oxygens (including phenoxy) is 2. The second-order valence-electron chi connectivity index (χ2n) is 9.70. The van der Waals surface area contributed by atoms with Gasteiger partial charge in [0.15, 0.2) is 11.5 Å². The molecule has 2 aromatic rings. The molecule has 0 aromatic heterocycles. The summed E-state index contributed by atoms with van der Waals surface area (Å²) in [5.74, 6) is 1.46. The number of carbonyl (C=O) groups is 2. The molecule has 3 aliphatic rings. The van der Waals surface area contributed by atoms with Crippen LogP contribution in [-0.2, 0) is 11.2 Å². The topological polar surface area (TPSA) is 71.1 Å². The van der Waals surface area contributed by atoms with Gasteiger partial charge in [-0.2, -0.15) is 0 Å². The minimum atomic E-state index is -0.748. The zero-order chi connectivity index (χ0) is 23.9. The zero-order valence-corrected chi connectivity index (χ0v) is 20.2. The average molecular weight is 464 g/mol. The van der Waals surface area contributed by atoms with Crippen molar-refractivity contribution in [3.05, 3.63) is 59.2 Å². The van der Waals surface area contributed by atoms with E-state index in [9.17, 15) is 9.59 Å². The summed E-state index contributed by atoms with van der Waals surface area (Å²) in [5.41, 5.74) is 2.67. The molecule has 180 valence electrons. The van der Waals surface area contributed by atoms with Crippen molar-refractivity contribution < 1.29 is 19.1 Å². The van der Waals surface area contributed by atoms with E-state index >= 15 is 0 Å². The summed E-state index contributed by atoms with van der Waals surface area (Å²) >= 11 is 0. The number of nitrogens with zero attached hydrogens (tertiary/aromatic N) is 2. The van der Waals surface area contributed by atoms with Crippen molar-refractivity contribution in [1.29, 1.82) is 0 Å². The molecule has 2 aliphatic heterocycles. The third-order valence-electron chi connectivity index (χ3n) is 7.91. The Labute approximate surface area is 201 Å². The lowest BCUT2D eigenvalue weighted by Gasteiger charge is -2.40. The molecule has 3 amide bonds. The maximum atomic E-state index is 13.6. The third-order valence-corrected chi connectivity index (χ3v) is 7.91. The van der Waals surface area contributed by atoms with Crippen molar-refractivity contribution in [3.8, 4) is 11.5 Å². The van der Waals surface area contributed by atoms with Crippen LogP contribution in [0.2, 0.25) is 0 Å². The standard InChI is InChI=1S/C27H33N3O4/c1-18-9-7-8-13-27(18)25(31)30(26(32)28-27)17-29-14-12-20-15-22(33-2)23(34-3)16-21(20)24(29)19-10-5-4-6-11-19/h4-6,10-11,15-16,18,24H,7-9,12-14,17H2,1-3H3,(H,28,32)/t18-,24+,27-/m1/s1. The summed E-state index contributed by atoms with van der Waals surface area (Å²) in [5, 5.41) is 3.09. The third kappa shape index (κ3) is 3.63. The molecule has 0 bridgehead atoms. The van der Waals surface area contributed by atoms with Gasteiger partial charge in [-0.15, -0.1) is 0 Å². The highest BCUT2D eigenvalue weighted by molar-refractivity contribution is 6.07. The van der Waals surface area contributed by atoms with E-state index in [4.69, 9.17) is 9.47 Å². The lowest BCUT2D eigenvalue weighted by molar-refractivity contribution is -0.136. The van der Waals surface area contributed by atoms with Gasteiger partial charge in [-0.25, -0.2) is 9.69 Å². The van der Waals surface area contributed by atoms with Crippen LogP contribution in [0.15, 0.2) is 42.5 Å². The molecule has 2 aromatic carbocycles. The molecule has 1 saturated heterocycles. The summed E-state index contributed by atoms with van der Waals surface area (Å²) in [4.78, 5) is 30.4. The summed E-state index contributed by atoms with van der Waals surface area (Å²) < 4.78 is 11.1. The fraction of sp³-hybridized carbons (Fsp3) is 0.481. The van der Waals surface area contributed by atoms with Gasteiger partial charge < -0.3 is 14.8 Å². The number of carbonyl (C=O) groups excluding carboxylic acids is 2. The second-order valence-corrected chi connectivity index (χ2v) is 9.70. The van der Waals surface area contributed by atoms with Crippen LogP contribution in [0.25, 0.3) is 0 Å². The number of hydrogen-bond donors (Lipinski definition) is 1. The Bertz CT molecular complexity index is 1090. The Kier molecular flexibility index (Phi) is 5.98. The van der Waals surface area contributed by atoms with Gasteiger partial charge >= 0.3 is 6.03 Å². The highest BCUT2D eigenvalue weighted by Gasteiger charge is 2.55. The molecule has 0 unspecified atom stereocenters. The van der Waals surface area contributed by atoms with Gasteiger partial charge in [-0.05, 0) is 54.0 Å². The Morgan fingerprint density at radius 3 is 2.50 bits per heavy atom. The maximum absolute atomic E-state index is 13.6. The number of urea groups is 1. The molecule has 0 radical (unpaired) electrons. The largest absolute Gasteiger partial charge is 0.493 e. The molecule has 34 heavy (non-hydrogen) atoms. The molecule has 7 nitrogen and oxygen atoms in total. The van der Waals surface area contributed by atoms with E-state index in [1.807, 2.05) is 30.3 Å². The highest BCUT2D eigenvalue weighted by Crippen LogP contribution is 2.42. The van der Waals surface area contributed by atoms with Gasteiger partial charge in [0.25, 0.3) is 5.91 Å². The molecule has 1 spiro atoms. The lowest BCUT2D eigenvalue weighted by atomic mass is 9.73. The molecule has 1 N–H and O–H groups in total. The van der Waals surface area contributed by atoms with Crippen molar-refractivity contribution in [3.63, 3.8) is 0 Å². The fourth-order valence-electron chi connectivity index (χ4n) is 5.98. The molecule has 1 saturated carbocycles. The van der Waals surface area contributed by atoms with Gasteiger partial charge in [-0.3, -0.25) is 9.69 Å². The summed E-state index contributed by atoms with van der Waals surface area (Å²) in [6, 6.07) is 13.9. The van der Waals surface area contributed by atoms with Crippen molar-refractivity contribution >= 4 is 11.9 Å². The SMILES string of the molecule is COc1cc2c(cc1OC)[C@H](c1ccccc1)N(CN1C(=O)N[C@@]3(CCCC[C@H]3C)C1=O)CC2. The van der Waals surface area contributed by atoms with Gasteiger partial charge in [-0.1, -0.05) is 50.1 Å². The number of benzene rings is 2. The first-order chi connectivity index (χ1) is 16.5. The second kappa shape index (κ2) is 8.95. The van der Waals surface area contributed by atoms with Crippen molar-refractivity contribution in [2.75, 3.05) is 27.4 Å². The minimum Gasteiger partial charge on any atom is -0.493 e. The number of methoxy groups -OCH3 is 2. The van der Waals surface area contributed by atoms with E-state index in [0.29, 0.717) is 11.5 Å². The molecule has 1 aliphatic carbocycles. The highest BCUT2D eigenvalue weighted by atomic mass is 16.5. The molecular weight excluding hydrogens is 430 g/mol. The number of nitrogens with one attached hydrogen (secondary N) is 1. The minimum absolute atomic E-state index is 0.0744. The Morgan fingerprint density at radius 2 is 1.79 bits per heavy atom. The first-order valence-corrected chi connectivity index (χ1v) is 12.2. The average Bonchev–Trinajstić information content (AvgIpc) is 3.10. The van der Waals surface area contributed by atoms with Gasteiger partial charge in [0.1, 0.15) is 5.54 Å². The van der Waals surface area contributed by atoms with E-state index < -0.39 is 5.54 Å². The van der Waals surface area contributed by atoms with E-state index in [-0.39, 0.29) is 30.6 Å². The van der Waals surface area contributed by atoms with Crippen LogP contribution >= 0.6 is 0 Å². The predicted octanol–water partition coefficient (Wildman–Crippen LogP) is 4.11. The van der Waals surface area contributed by atoms with E-state index in [1.54, 1.807) is 14.2 Å². The quantitative estimate of drug-likeness (QED) is 0.676. The Hall–Kier alpha value is -3.06. The molecule has 2 heterocycles. The number of rotatable bonds is 5. The lowest BCUT2D eigenvalue weighted by Crippen LogP contribution is -2.54. The Morgan fingerprint density at radius 1 is 1.06 bits per heavy atom. The van der Waals surface area contributed by atoms with Crippen LogP contribution in [0.4, 0.5) is 4.79 Å². The van der Waals surface area contributed by atoms with Crippen molar-refractivity contribution in [2.45, 2.75) is 50.6 Å². The van der Waals surface area contributed by atoms with E-state index in [0.717, 1.165) is 49.8 Å². The van der Waals surface area contributed by atoms with Crippen LogP contribution in [0, 0.1) is 5.92 Å². The number of imide groups is 1. The van der Waals surface area contributed by atoms with Gasteiger partial charge in [0, 0.05) is 6.54 Å². The first kappa shape index (κ1) is 22.7. The molecule has 2 fully saturated rings. The smallest absolute Gasteiger partial charge is 0.326 e. The van der Waals surface area contributed by atoms with Crippen molar-refractivity contribution in [1.82, 2.24) is 15.1 Å². The number of fused-ring (bicyclic) bond motifs is 1. The monoisotopic (exact) mass is 463 g/mol. The van der Waals surface area contributed by atoms with Crippen LogP contribution < -0.4 is 14.8 Å². The number of amides is 3. The fourth-order valence-corrected chi connectivity index (χ4v) is 5.98. The maximum Gasteiger partial charge on any atom is 0.326 e. The summed E-state index contributed by atoms with van der Waals surface area (Å²) in [6.45, 7) is 3.07. The molecule has 3 atom stereocenters. The van der Waals surface area contributed by atoms with Gasteiger partial charge in [0.2, 0.25) is 0 Å². The van der Waals surface area contributed by atoms with E-state index in [1.165, 1.54) is 10.5 Å². The van der Waals surface area contributed by atoms with E-state index in [2.05, 4.69) is 29.3 Å². The summed E-state index contributed by atoms with van der Waals surface area (Å²) in [6.07, 6.45) is 4.55. The van der Waals surface area contributed by atoms with Crippen LogP contribution in [0.1, 0.15) is 55.3 Å². The molecule has 5 rings (SSSR count). The van der Waals surface area contributed by atoms with Crippen LogP contribution in [0.3, 0.4) is 0 Å². The predicted molar refractivity (Wildman–Crippen MR) is 129 cm³/mol. The zero-order valence-electron chi connectivity index (χ0n) is 20.2. The number of hydrogen-bond acceptors (Lipinski definition) is 5. The van der Waals surface area contributed by atoms with Crippen LogP contribution in [-0.4, -0.2) is 54.7 Å². The summed E-state index contributed by atoms with van der Waals surface area (Å²) in [7, 11) is 3.29. The van der Waals surface area contributed by atoms with Crippen LogP contribution in [0.5, 0.6) is 11.5 Å². The van der Waals surface area contributed by atoms with Crippen molar-refractivity contribution in [2.24, 2.45) is 5.92 Å². The molecule has 7 heteroatoms. The van der Waals surface area contributed by atoms with Gasteiger partial charge in [0.05, 0.1) is 26.9 Å². The Balaban J connectivity index is 1.50. The molecular formula is C27H33N3O4. The normalized spacial score (nSPS) is 27.0. The first-order valence-electron chi connectivity index (χ1n) is 12.2.